The number of hydrogen-bond acceptors (Lipinski definition) is 4. The Bertz CT molecular complexity index is 633. The first-order valence-electron chi connectivity index (χ1n) is 7.07. The minimum Gasteiger partial charge on any atom is -0.370 e. The Balaban J connectivity index is 2.15. The van der Waals surface area contributed by atoms with Crippen LogP contribution in [0.2, 0.25) is 0 Å². The Morgan fingerprint density at radius 1 is 1.38 bits per heavy atom. The summed E-state index contributed by atoms with van der Waals surface area (Å²) in [6.07, 6.45) is 3.47. The maximum absolute atomic E-state index is 12.3. The molecule has 2 aromatic heterocycles. The van der Waals surface area contributed by atoms with E-state index in [1.807, 2.05) is 33.9 Å². The molecule has 0 aliphatic rings. The number of hydrogen-bond donors (Lipinski definition) is 2. The molecule has 0 aromatic carbocycles. The highest BCUT2D eigenvalue weighted by Crippen LogP contribution is 2.14. The second-order valence-electron chi connectivity index (χ2n) is 5.17. The monoisotopic (exact) mass is 287 g/mol. The molecule has 2 N–H and O–H groups in total. The zero-order valence-corrected chi connectivity index (χ0v) is 12.8. The summed E-state index contributed by atoms with van der Waals surface area (Å²) in [5.41, 5.74) is 2.07. The molecule has 0 spiro atoms. The lowest BCUT2D eigenvalue weighted by Crippen LogP contribution is -2.13. The maximum atomic E-state index is 12.3. The van der Waals surface area contributed by atoms with Gasteiger partial charge in [-0.2, -0.15) is 5.10 Å². The van der Waals surface area contributed by atoms with Crippen LogP contribution in [0.4, 0.5) is 11.5 Å². The molecule has 112 valence electrons. The highest BCUT2D eigenvalue weighted by atomic mass is 16.1. The van der Waals surface area contributed by atoms with Crippen LogP contribution in [-0.2, 0) is 0 Å². The van der Waals surface area contributed by atoms with Crippen molar-refractivity contribution in [1.82, 2.24) is 14.8 Å². The van der Waals surface area contributed by atoms with Gasteiger partial charge < -0.3 is 10.6 Å². The van der Waals surface area contributed by atoms with Gasteiger partial charge in [0.05, 0.1) is 11.9 Å². The van der Waals surface area contributed by atoms with Crippen LogP contribution in [0.1, 0.15) is 42.9 Å². The molecule has 6 nitrogen and oxygen atoms in total. The van der Waals surface area contributed by atoms with Crippen LogP contribution in [0.5, 0.6) is 0 Å². The number of aryl methyl sites for hydroxylation is 1. The molecule has 0 unspecified atom stereocenters. The molecule has 0 bridgehead atoms. The van der Waals surface area contributed by atoms with E-state index >= 15 is 0 Å². The molecular formula is C15H21N5O. The van der Waals surface area contributed by atoms with E-state index in [1.54, 1.807) is 23.0 Å². The van der Waals surface area contributed by atoms with Crippen LogP contribution in [0.25, 0.3) is 0 Å². The first-order valence-corrected chi connectivity index (χ1v) is 7.07. The van der Waals surface area contributed by atoms with E-state index in [2.05, 4.69) is 20.7 Å². The molecule has 0 atom stereocenters. The summed E-state index contributed by atoms with van der Waals surface area (Å²) in [7, 11) is 0. The van der Waals surface area contributed by atoms with Crippen molar-refractivity contribution in [2.24, 2.45) is 0 Å². The summed E-state index contributed by atoms with van der Waals surface area (Å²) < 4.78 is 1.80. The third kappa shape index (κ3) is 3.81. The number of carbonyl (C=O) groups is 1. The van der Waals surface area contributed by atoms with Crippen LogP contribution in [-0.4, -0.2) is 27.2 Å². The van der Waals surface area contributed by atoms with Gasteiger partial charge in [0, 0.05) is 30.0 Å². The fourth-order valence-corrected chi connectivity index (χ4v) is 1.96. The topological polar surface area (TPSA) is 71.8 Å². The molecule has 0 fully saturated rings. The van der Waals surface area contributed by atoms with Crippen molar-refractivity contribution in [2.45, 2.75) is 33.7 Å². The van der Waals surface area contributed by atoms with Gasteiger partial charge in [-0.1, -0.05) is 0 Å². The molecular weight excluding hydrogens is 266 g/mol. The lowest BCUT2D eigenvalue weighted by Gasteiger charge is -2.08. The maximum Gasteiger partial charge on any atom is 0.255 e. The summed E-state index contributed by atoms with van der Waals surface area (Å²) in [5.74, 6) is 0.545. The van der Waals surface area contributed by atoms with Gasteiger partial charge in [-0.25, -0.2) is 4.98 Å². The summed E-state index contributed by atoms with van der Waals surface area (Å²) in [6.45, 7) is 8.69. The van der Waals surface area contributed by atoms with E-state index in [0.29, 0.717) is 17.1 Å². The number of anilines is 2. The molecule has 0 aliphatic heterocycles. The third-order valence-electron chi connectivity index (χ3n) is 2.96. The van der Waals surface area contributed by atoms with Crippen LogP contribution in [0, 0.1) is 6.92 Å². The molecule has 21 heavy (non-hydrogen) atoms. The number of nitrogens with one attached hydrogen (secondary N) is 2. The molecule has 2 heterocycles. The van der Waals surface area contributed by atoms with Crippen molar-refractivity contribution in [3.8, 4) is 0 Å². The predicted molar refractivity (Wildman–Crippen MR) is 83.7 cm³/mol. The van der Waals surface area contributed by atoms with Crippen LogP contribution in [0.3, 0.4) is 0 Å². The van der Waals surface area contributed by atoms with Crippen LogP contribution in [0.15, 0.2) is 24.5 Å². The van der Waals surface area contributed by atoms with Crippen molar-refractivity contribution in [1.29, 1.82) is 0 Å². The lowest BCUT2D eigenvalue weighted by atomic mass is 10.2. The van der Waals surface area contributed by atoms with Gasteiger partial charge in [0.25, 0.3) is 5.91 Å². The Hall–Kier alpha value is -2.37. The zero-order chi connectivity index (χ0) is 15.4. The molecule has 6 heteroatoms. The normalized spacial score (nSPS) is 10.7. The van der Waals surface area contributed by atoms with E-state index < -0.39 is 0 Å². The lowest BCUT2D eigenvalue weighted by molar-refractivity contribution is 0.102. The SMILES string of the molecule is CCNc1cc(C(=O)Nc2cnn(C(C)C)c2)cc(C)n1. The smallest absolute Gasteiger partial charge is 0.255 e. The van der Waals surface area contributed by atoms with E-state index in [-0.39, 0.29) is 11.9 Å². The predicted octanol–water partition coefficient (Wildman–Crippen LogP) is 2.85. The summed E-state index contributed by atoms with van der Waals surface area (Å²) in [6, 6.07) is 3.78. The summed E-state index contributed by atoms with van der Waals surface area (Å²) >= 11 is 0. The first-order chi connectivity index (χ1) is 9.99. The van der Waals surface area contributed by atoms with Gasteiger partial charge in [-0.15, -0.1) is 0 Å². The first kappa shape index (κ1) is 15.0. The molecule has 0 aliphatic carbocycles. The van der Waals surface area contributed by atoms with E-state index in [4.69, 9.17) is 0 Å². The summed E-state index contributed by atoms with van der Waals surface area (Å²) in [4.78, 5) is 16.6. The quantitative estimate of drug-likeness (QED) is 0.887. The second kappa shape index (κ2) is 6.39. The van der Waals surface area contributed by atoms with Crippen LogP contribution >= 0.6 is 0 Å². The molecule has 2 aromatic rings. The van der Waals surface area contributed by atoms with Gasteiger partial charge >= 0.3 is 0 Å². The molecule has 0 saturated heterocycles. The number of carbonyl (C=O) groups excluding carboxylic acids is 1. The van der Waals surface area contributed by atoms with E-state index in [9.17, 15) is 4.79 Å². The fraction of sp³-hybridized carbons (Fsp3) is 0.400. The van der Waals surface area contributed by atoms with Gasteiger partial charge in [-0.3, -0.25) is 9.48 Å². The third-order valence-corrected chi connectivity index (χ3v) is 2.96. The molecule has 0 saturated carbocycles. The number of pyridine rings is 1. The van der Waals surface area contributed by atoms with Gasteiger partial charge in [0.1, 0.15) is 5.82 Å². The van der Waals surface area contributed by atoms with Crippen LogP contribution < -0.4 is 10.6 Å². The Morgan fingerprint density at radius 2 is 2.14 bits per heavy atom. The van der Waals surface area contributed by atoms with E-state index in [1.165, 1.54) is 0 Å². The molecule has 2 rings (SSSR count). The standard InChI is InChI=1S/C15H21N5O/c1-5-16-14-7-12(6-11(4)18-14)15(21)19-13-8-17-20(9-13)10(2)3/h6-10H,5H2,1-4H3,(H,16,18)(H,19,21). The number of amides is 1. The number of nitrogens with zero attached hydrogens (tertiary/aromatic N) is 3. The molecule has 0 radical (unpaired) electrons. The largest absolute Gasteiger partial charge is 0.370 e. The Morgan fingerprint density at radius 3 is 2.76 bits per heavy atom. The average Bonchev–Trinajstić information content (AvgIpc) is 2.87. The Labute approximate surface area is 124 Å². The van der Waals surface area contributed by atoms with Gasteiger partial charge in [-0.05, 0) is 39.8 Å². The van der Waals surface area contributed by atoms with E-state index in [0.717, 1.165) is 12.2 Å². The van der Waals surface area contributed by atoms with Crippen molar-refractivity contribution in [3.63, 3.8) is 0 Å². The fourth-order valence-electron chi connectivity index (χ4n) is 1.96. The number of aromatic nitrogens is 3. The highest BCUT2D eigenvalue weighted by Gasteiger charge is 2.10. The highest BCUT2D eigenvalue weighted by molar-refractivity contribution is 6.04. The minimum absolute atomic E-state index is 0.164. The molecule has 1 amide bonds. The van der Waals surface area contributed by atoms with Crippen molar-refractivity contribution in [2.75, 3.05) is 17.2 Å². The van der Waals surface area contributed by atoms with Crippen molar-refractivity contribution in [3.05, 3.63) is 35.8 Å². The van der Waals surface area contributed by atoms with Gasteiger partial charge in [0.15, 0.2) is 0 Å². The summed E-state index contributed by atoms with van der Waals surface area (Å²) in [5, 5.41) is 10.2. The van der Waals surface area contributed by atoms with Crippen molar-refractivity contribution >= 4 is 17.4 Å². The number of rotatable bonds is 5. The average molecular weight is 287 g/mol. The van der Waals surface area contributed by atoms with Crippen molar-refractivity contribution < 1.29 is 4.79 Å². The zero-order valence-electron chi connectivity index (χ0n) is 12.8. The van der Waals surface area contributed by atoms with Gasteiger partial charge in [0.2, 0.25) is 0 Å². The second-order valence-corrected chi connectivity index (χ2v) is 5.17. The minimum atomic E-state index is -0.164. The Kier molecular flexibility index (Phi) is 4.57.